The molecular weight excluding hydrogens is 212 g/mol. The van der Waals surface area contributed by atoms with E-state index in [1.165, 1.54) is 12.8 Å². The molecule has 96 valence electrons. The first kappa shape index (κ1) is 14.0. The average Bonchev–Trinajstić information content (AvgIpc) is 2.34. The van der Waals surface area contributed by atoms with Gasteiger partial charge in [-0.15, -0.1) is 0 Å². The lowest BCUT2D eigenvalue weighted by molar-refractivity contribution is 0.377. The maximum absolute atomic E-state index is 5.39. The average molecular weight is 236 g/mol. The number of hydrogen-bond acceptors (Lipinski definition) is 3. The largest absolute Gasteiger partial charge is 0.495 e. The molecule has 0 aliphatic carbocycles. The lowest BCUT2D eigenvalue weighted by Crippen LogP contribution is -2.29. The van der Waals surface area contributed by atoms with E-state index in [1.54, 1.807) is 7.11 Å². The van der Waals surface area contributed by atoms with Crippen LogP contribution in [-0.2, 0) is 0 Å². The van der Waals surface area contributed by atoms with Crippen LogP contribution in [0.1, 0.15) is 51.8 Å². The molecule has 0 saturated heterocycles. The normalized spacial score (nSPS) is 12.8. The number of pyridine rings is 1. The second kappa shape index (κ2) is 7.28. The van der Waals surface area contributed by atoms with Gasteiger partial charge in [0.2, 0.25) is 0 Å². The second-order valence-corrected chi connectivity index (χ2v) is 4.61. The highest BCUT2D eigenvalue weighted by atomic mass is 16.5. The molecular formula is C14H24N2O. The van der Waals surface area contributed by atoms with E-state index < -0.39 is 0 Å². The molecule has 0 aromatic carbocycles. The van der Waals surface area contributed by atoms with Crippen molar-refractivity contribution in [2.45, 2.75) is 52.1 Å². The lowest BCUT2D eigenvalue weighted by atomic mass is 10.0. The van der Waals surface area contributed by atoms with E-state index in [0.717, 1.165) is 17.9 Å². The molecule has 1 aromatic rings. The summed E-state index contributed by atoms with van der Waals surface area (Å²) in [5, 5.41) is 3.56. The molecule has 0 bridgehead atoms. The van der Waals surface area contributed by atoms with Crippen LogP contribution in [0.2, 0.25) is 0 Å². The molecule has 0 saturated carbocycles. The lowest BCUT2D eigenvalue weighted by Gasteiger charge is -2.22. The molecule has 0 amide bonds. The van der Waals surface area contributed by atoms with Crippen LogP contribution in [0.3, 0.4) is 0 Å². The fourth-order valence-corrected chi connectivity index (χ4v) is 1.95. The van der Waals surface area contributed by atoms with Crippen molar-refractivity contribution in [3.05, 3.63) is 24.0 Å². The van der Waals surface area contributed by atoms with Gasteiger partial charge in [-0.3, -0.25) is 4.98 Å². The standard InChI is InChI=1S/C14H24N2O/c1-5-6-8-12(16-11(2)3)14-13(17-4)9-7-10-15-14/h7,9-12,16H,5-6,8H2,1-4H3. The van der Waals surface area contributed by atoms with Gasteiger partial charge in [0.05, 0.1) is 18.8 Å². The second-order valence-electron chi connectivity index (χ2n) is 4.61. The van der Waals surface area contributed by atoms with E-state index in [0.29, 0.717) is 6.04 Å². The summed E-state index contributed by atoms with van der Waals surface area (Å²) in [5.74, 6) is 0.877. The molecule has 0 aliphatic heterocycles. The Bertz CT molecular complexity index is 326. The smallest absolute Gasteiger partial charge is 0.141 e. The van der Waals surface area contributed by atoms with Gasteiger partial charge >= 0.3 is 0 Å². The Kier molecular flexibility index (Phi) is 5.98. The van der Waals surface area contributed by atoms with E-state index in [1.807, 2.05) is 18.3 Å². The Labute approximate surface area is 105 Å². The molecule has 1 N–H and O–H groups in total. The van der Waals surface area contributed by atoms with Crippen molar-refractivity contribution >= 4 is 0 Å². The van der Waals surface area contributed by atoms with Crippen LogP contribution < -0.4 is 10.1 Å². The zero-order valence-corrected chi connectivity index (χ0v) is 11.4. The van der Waals surface area contributed by atoms with Gasteiger partial charge in [-0.25, -0.2) is 0 Å². The van der Waals surface area contributed by atoms with Gasteiger partial charge in [0.15, 0.2) is 0 Å². The van der Waals surface area contributed by atoms with Gasteiger partial charge in [0.1, 0.15) is 5.75 Å². The molecule has 1 atom stereocenters. The maximum atomic E-state index is 5.39. The molecule has 1 aromatic heterocycles. The van der Waals surface area contributed by atoms with Gasteiger partial charge in [-0.2, -0.15) is 0 Å². The van der Waals surface area contributed by atoms with Crippen LogP contribution in [0.4, 0.5) is 0 Å². The van der Waals surface area contributed by atoms with E-state index in [2.05, 4.69) is 31.1 Å². The Hall–Kier alpha value is -1.09. The first-order valence-electron chi connectivity index (χ1n) is 6.44. The van der Waals surface area contributed by atoms with E-state index in [4.69, 9.17) is 4.74 Å². The summed E-state index contributed by atoms with van der Waals surface area (Å²) >= 11 is 0. The van der Waals surface area contributed by atoms with Crippen molar-refractivity contribution in [1.82, 2.24) is 10.3 Å². The molecule has 3 heteroatoms. The topological polar surface area (TPSA) is 34.2 Å². The molecule has 1 unspecified atom stereocenters. The first-order chi connectivity index (χ1) is 8.19. The third-order valence-electron chi connectivity index (χ3n) is 2.73. The Morgan fingerprint density at radius 2 is 2.18 bits per heavy atom. The molecule has 0 aliphatic rings. The van der Waals surface area contributed by atoms with Crippen LogP contribution in [-0.4, -0.2) is 18.1 Å². The molecule has 0 fully saturated rings. The van der Waals surface area contributed by atoms with Crippen molar-refractivity contribution in [3.63, 3.8) is 0 Å². The van der Waals surface area contributed by atoms with Crippen molar-refractivity contribution < 1.29 is 4.74 Å². The molecule has 1 rings (SSSR count). The van der Waals surface area contributed by atoms with Gasteiger partial charge in [-0.05, 0) is 18.6 Å². The summed E-state index contributed by atoms with van der Waals surface area (Å²) in [6.07, 6.45) is 5.33. The number of ether oxygens (including phenoxy) is 1. The minimum Gasteiger partial charge on any atom is -0.495 e. The number of methoxy groups -OCH3 is 1. The van der Waals surface area contributed by atoms with Crippen LogP contribution in [0.5, 0.6) is 5.75 Å². The number of unbranched alkanes of at least 4 members (excludes halogenated alkanes) is 1. The van der Waals surface area contributed by atoms with Crippen LogP contribution in [0.15, 0.2) is 18.3 Å². The van der Waals surface area contributed by atoms with E-state index in [9.17, 15) is 0 Å². The van der Waals surface area contributed by atoms with Gasteiger partial charge in [0.25, 0.3) is 0 Å². The fourth-order valence-electron chi connectivity index (χ4n) is 1.95. The maximum Gasteiger partial charge on any atom is 0.141 e. The van der Waals surface area contributed by atoms with Crippen LogP contribution in [0.25, 0.3) is 0 Å². The zero-order valence-electron chi connectivity index (χ0n) is 11.4. The minimum atomic E-state index is 0.283. The number of rotatable bonds is 7. The van der Waals surface area contributed by atoms with Crippen molar-refractivity contribution in [2.24, 2.45) is 0 Å². The van der Waals surface area contributed by atoms with Gasteiger partial charge in [0, 0.05) is 12.2 Å². The van der Waals surface area contributed by atoms with Crippen molar-refractivity contribution in [2.75, 3.05) is 7.11 Å². The van der Waals surface area contributed by atoms with Gasteiger partial charge < -0.3 is 10.1 Å². The van der Waals surface area contributed by atoms with Crippen molar-refractivity contribution in [3.8, 4) is 5.75 Å². The summed E-state index contributed by atoms with van der Waals surface area (Å²) < 4.78 is 5.39. The molecule has 0 radical (unpaired) electrons. The summed E-state index contributed by atoms with van der Waals surface area (Å²) in [6, 6.07) is 4.62. The predicted octanol–water partition coefficient (Wildman–Crippen LogP) is 3.32. The van der Waals surface area contributed by atoms with Gasteiger partial charge in [-0.1, -0.05) is 33.6 Å². The summed E-state index contributed by atoms with van der Waals surface area (Å²) in [6.45, 7) is 6.53. The Morgan fingerprint density at radius 1 is 1.41 bits per heavy atom. The number of nitrogens with zero attached hydrogens (tertiary/aromatic N) is 1. The molecule has 1 heterocycles. The minimum absolute atomic E-state index is 0.283. The Balaban J connectivity index is 2.86. The monoisotopic (exact) mass is 236 g/mol. The van der Waals surface area contributed by atoms with Crippen molar-refractivity contribution in [1.29, 1.82) is 0 Å². The first-order valence-corrected chi connectivity index (χ1v) is 6.44. The third-order valence-corrected chi connectivity index (χ3v) is 2.73. The summed E-state index contributed by atoms with van der Waals surface area (Å²) in [4.78, 5) is 4.47. The van der Waals surface area contributed by atoms with E-state index in [-0.39, 0.29) is 6.04 Å². The molecule has 17 heavy (non-hydrogen) atoms. The Morgan fingerprint density at radius 3 is 2.76 bits per heavy atom. The predicted molar refractivity (Wildman–Crippen MR) is 71.3 cm³/mol. The molecule has 3 nitrogen and oxygen atoms in total. The van der Waals surface area contributed by atoms with Crippen LogP contribution in [0, 0.1) is 0 Å². The SMILES string of the molecule is CCCCC(NC(C)C)c1ncccc1OC. The highest BCUT2D eigenvalue weighted by Gasteiger charge is 2.17. The fraction of sp³-hybridized carbons (Fsp3) is 0.643. The highest BCUT2D eigenvalue weighted by Crippen LogP contribution is 2.26. The number of nitrogens with one attached hydrogen (secondary N) is 1. The third kappa shape index (κ3) is 4.35. The summed E-state index contributed by atoms with van der Waals surface area (Å²) in [5.41, 5.74) is 1.03. The summed E-state index contributed by atoms with van der Waals surface area (Å²) in [7, 11) is 1.70. The number of aromatic nitrogens is 1. The quantitative estimate of drug-likeness (QED) is 0.788. The highest BCUT2D eigenvalue weighted by molar-refractivity contribution is 5.29. The van der Waals surface area contributed by atoms with Crippen LogP contribution >= 0.6 is 0 Å². The number of hydrogen-bond donors (Lipinski definition) is 1. The van der Waals surface area contributed by atoms with E-state index >= 15 is 0 Å². The molecule has 0 spiro atoms. The zero-order chi connectivity index (χ0) is 12.7.